The van der Waals surface area contributed by atoms with Crippen molar-refractivity contribution in [2.24, 2.45) is 0 Å². The zero-order chi connectivity index (χ0) is 19.4. The van der Waals surface area contributed by atoms with Crippen molar-refractivity contribution < 1.29 is 12.8 Å². The SMILES string of the molecule is Cc1cc(F)ccc1S(=O)(=O)N1CCN2CC(C)(C)c3ccccc3C2C1. The van der Waals surface area contributed by atoms with Gasteiger partial charge in [-0.25, -0.2) is 12.8 Å². The third-order valence-corrected chi connectivity index (χ3v) is 7.88. The van der Waals surface area contributed by atoms with Crippen molar-refractivity contribution in [1.29, 1.82) is 0 Å². The summed E-state index contributed by atoms with van der Waals surface area (Å²) < 4.78 is 41.4. The molecule has 0 bridgehead atoms. The average Bonchev–Trinajstić information content (AvgIpc) is 2.61. The molecule has 0 aromatic heterocycles. The summed E-state index contributed by atoms with van der Waals surface area (Å²) in [4.78, 5) is 2.59. The number of hydrogen-bond donors (Lipinski definition) is 0. The molecule has 2 heterocycles. The third kappa shape index (κ3) is 3.10. The first-order valence-electron chi connectivity index (χ1n) is 9.30. The fourth-order valence-corrected chi connectivity index (χ4v) is 6.18. The highest BCUT2D eigenvalue weighted by Gasteiger charge is 2.42. The molecule has 6 heteroatoms. The van der Waals surface area contributed by atoms with E-state index in [1.54, 1.807) is 11.2 Å². The van der Waals surface area contributed by atoms with Gasteiger partial charge in [-0.2, -0.15) is 4.31 Å². The van der Waals surface area contributed by atoms with Crippen molar-refractivity contribution in [3.05, 3.63) is 65.0 Å². The van der Waals surface area contributed by atoms with Gasteiger partial charge >= 0.3 is 0 Å². The summed E-state index contributed by atoms with van der Waals surface area (Å²) >= 11 is 0. The molecule has 0 aliphatic carbocycles. The minimum Gasteiger partial charge on any atom is -0.293 e. The molecule has 0 amide bonds. The Balaban J connectivity index is 1.70. The van der Waals surface area contributed by atoms with Crippen LogP contribution in [0.25, 0.3) is 0 Å². The summed E-state index contributed by atoms with van der Waals surface area (Å²) in [6, 6.07) is 12.3. The first kappa shape index (κ1) is 18.6. The molecule has 0 saturated carbocycles. The molecule has 4 nitrogen and oxygen atoms in total. The topological polar surface area (TPSA) is 40.6 Å². The summed E-state index contributed by atoms with van der Waals surface area (Å²) in [5.74, 6) is -0.417. The fourth-order valence-electron chi connectivity index (χ4n) is 4.54. The van der Waals surface area contributed by atoms with Crippen LogP contribution in [-0.4, -0.2) is 43.8 Å². The second-order valence-corrected chi connectivity index (χ2v) is 10.1. The van der Waals surface area contributed by atoms with Crippen LogP contribution < -0.4 is 0 Å². The summed E-state index contributed by atoms with van der Waals surface area (Å²) in [6.07, 6.45) is 0. The van der Waals surface area contributed by atoms with E-state index in [0.29, 0.717) is 25.2 Å². The van der Waals surface area contributed by atoms with Gasteiger partial charge in [0.2, 0.25) is 10.0 Å². The van der Waals surface area contributed by atoms with Crippen molar-refractivity contribution >= 4 is 10.0 Å². The molecule has 2 aliphatic rings. The second kappa shape index (κ2) is 6.40. The quantitative estimate of drug-likeness (QED) is 0.791. The molecular formula is C21H25FN2O2S. The summed E-state index contributed by atoms with van der Waals surface area (Å²) in [6.45, 7) is 8.62. The van der Waals surface area contributed by atoms with Gasteiger partial charge in [0.15, 0.2) is 0 Å². The maximum atomic E-state index is 13.4. The van der Waals surface area contributed by atoms with Crippen LogP contribution in [0.2, 0.25) is 0 Å². The van der Waals surface area contributed by atoms with Crippen LogP contribution in [0.5, 0.6) is 0 Å². The van der Waals surface area contributed by atoms with Crippen LogP contribution in [0.4, 0.5) is 4.39 Å². The normalized spacial score (nSPS) is 22.9. The highest BCUT2D eigenvalue weighted by molar-refractivity contribution is 7.89. The van der Waals surface area contributed by atoms with Gasteiger partial charge in [0, 0.05) is 37.6 Å². The maximum absolute atomic E-state index is 13.4. The van der Waals surface area contributed by atoms with Crippen LogP contribution in [0.3, 0.4) is 0 Å². The molecular weight excluding hydrogens is 363 g/mol. The lowest BCUT2D eigenvalue weighted by atomic mass is 9.75. The number of fused-ring (bicyclic) bond motifs is 3. The third-order valence-electron chi connectivity index (χ3n) is 5.86. The molecule has 0 N–H and O–H groups in total. The van der Waals surface area contributed by atoms with Gasteiger partial charge in [-0.05, 0) is 41.8 Å². The number of benzene rings is 2. The van der Waals surface area contributed by atoms with E-state index in [0.717, 1.165) is 6.54 Å². The molecule has 144 valence electrons. The fraction of sp³-hybridized carbons (Fsp3) is 0.429. The Labute approximate surface area is 160 Å². The van der Waals surface area contributed by atoms with Crippen LogP contribution in [0, 0.1) is 12.7 Å². The molecule has 2 aliphatic heterocycles. The van der Waals surface area contributed by atoms with Crippen molar-refractivity contribution in [1.82, 2.24) is 9.21 Å². The van der Waals surface area contributed by atoms with Gasteiger partial charge in [0.25, 0.3) is 0 Å². The van der Waals surface area contributed by atoms with Crippen LogP contribution in [-0.2, 0) is 15.4 Å². The van der Waals surface area contributed by atoms with Crippen molar-refractivity contribution in [2.75, 3.05) is 26.2 Å². The molecule has 4 rings (SSSR count). The van der Waals surface area contributed by atoms with Crippen LogP contribution >= 0.6 is 0 Å². The first-order valence-corrected chi connectivity index (χ1v) is 10.7. The lowest BCUT2D eigenvalue weighted by molar-refractivity contribution is 0.0807. The molecule has 1 saturated heterocycles. The molecule has 1 atom stereocenters. The van der Waals surface area contributed by atoms with E-state index < -0.39 is 15.8 Å². The monoisotopic (exact) mass is 388 g/mol. The van der Waals surface area contributed by atoms with E-state index in [-0.39, 0.29) is 16.4 Å². The van der Waals surface area contributed by atoms with E-state index in [9.17, 15) is 12.8 Å². The van der Waals surface area contributed by atoms with E-state index in [4.69, 9.17) is 0 Å². The number of nitrogens with zero attached hydrogens (tertiary/aromatic N) is 2. The van der Waals surface area contributed by atoms with Gasteiger partial charge in [0.1, 0.15) is 5.82 Å². The Morgan fingerprint density at radius 1 is 1.11 bits per heavy atom. The Morgan fingerprint density at radius 2 is 1.85 bits per heavy atom. The summed E-state index contributed by atoms with van der Waals surface area (Å²) in [5.41, 5.74) is 3.00. The average molecular weight is 389 g/mol. The van der Waals surface area contributed by atoms with Crippen molar-refractivity contribution in [3.63, 3.8) is 0 Å². The Bertz CT molecular complexity index is 987. The lowest BCUT2D eigenvalue weighted by Crippen LogP contribution is -2.55. The molecule has 1 fully saturated rings. The maximum Gasteiger partial charge on any atom is 0.243 e. The standard InChI is InChI=1S/C21H25FN2O2S/c1-15-12-16(22)8-9-20(15)27(25,26)24-11-10-23-14-21(2,3)18-7-5-4-6-17(18)19(23)13-24/h4-9,12,19H,10-11,13-14H2,1-3H3. The highest BCUT2D eigenvalue weighted by Crippen LogP contribution is 2.41. The zero-order valence-electron chi connectivity index (χ0n) is 15.9. The molecule has 1 unspecified atom stereocenters. The Morgan fingerprint density at radius 3 is 2.59 bits per heavy atom. The van der Waals surface area contributed by atoms with Crippen molar-refractivity contribution in [3.8, 4) is 0 Å². The molecule has 0 spiro atoms. The van der Waals surface area contributed by atoms with E-state index in [1.807, 2.05) is 6.07 Å². The number of rotatable bonds is 2. The summed E-state index contributed by atoms with van der Waals surface area (Å²) in [7, 11) is -3.65. The molecule has 27 heavy (non-hydrogen) atoms. The Kier molecular flexibility index (Phi) is 4.41. The second-order valence-electron chi connectivity index (χ2n) is 8.23. The van der Waals surface area contributed by atoms with E-state index in [1.165, 1.54) is 29.3 Å². The first-order chi connectivity index (χ1) is 12.7. The molecule has 0 radical (unpaired) electrons. The largest absolute Gasteiger partial charge is 0.293 e. The number of hydrogen-bond acceptors (Lipinski definition) is 3. The minimum atomic E-state index is -3.65. The van der Waals surface area contributed by atoms with Crippen molar-refractivity contribution in [2.45, 2.75) is 37.1 Å². The number of sulfonamides is 1. The number of piperazine rings is 1. The zero-order valence-corrected chi connectivity index (χ0v) is 16.8. The minimum absolute atomic E-state index is 0.0433. The Hall–Kier alpha value is -1.76. The molecule has 2 aromatic rings. The lowest BCUT2D eigenvalue weighted by Gasteiger charge is -2.49. The van der Waals surface area contributed by atoms with E-state index >= 15 is 0 Å². The highest BCUT2D eigenvalue weighted by atomic mass is 32.2. The predicted octanol–water partition coefficient (Wildman–Crippen LogP) is 3.47. The summed E-state index contributed by atoms with van der Waals surface area (Å²) in [5, 5.41) is 0. The van der Waals surface area contributed by atoms with Gasteiger partial charge < -0.3 is 0 Å². The number of halogens is 1. The smallest absolute Gasteiger partial charge is 0.243 e. The molecule has 2 aromatic carbocycles. The van der Waals surface area contributed by atoms with Gasteiger partial charge in [0.05, 0.1) is 4.90 Å². The predicted molar refractivity (Wildman–Crippen MR) is 104 cm³/mol. The van der Waals surface area contributed by atoms with Gasteiger partial charge in [-0.1, -0.05) is 38.1 Å². The number of aryl methyl sites for hydroxylation is 1. The van der Waals surface area contributed by atoms with Gasteiger partial charge in [-0.3, -0.25) is 4.90 Å². The van der Waals surface area contributed by atoms with Crippen LogP contribution in [0.15, 0.2) is 47.4 Å². The van der Waals surface area contributed by atoms with E-state index in [2.05, 4.69) is 36.9 Å². The van der Waals surface area contributed by atoms with Gasteiger partial charge in [-0.15, -0.1) is 0 Å². The van der Waals surface area contributed by atoms with Crippen LogP contribution in [0.1, 0.15) is 36.6 Å².